The average Bonchev–Trinajstić information content (AvgIpc) is 2.80. The summed E-state index contributed by atoms with van der Waals surface area (Å²) in [4.78, 5) is 0. The highest BCUT2D eigenvalue weighted by Gasteiger charge is 2.01. The number of nitrogen functional groups attached to an aromatic ring is 1. The van der Waals surface area contributed by atoms with Crippen molar-refractivity contribution in [3.05, 3.63) is 36.2 Å². The van der Waals surface area contributed by atoms with Crippen LogP contribution in [0.15, 0.2) is 30.6 Å². The second kappa shape index (κ2) is 6.05. The van der Waals surface area contributed by atoms with Crippen LogP contribution in [-0.2, 0) is 13.0 Å². The van der Waals surface area contributed by atoms with Crippen molar-refractivity contribution in [3.63, 3.8) is 0 Å². The van der Waals surface area contributed by atoms with Crippen molar-refractivity contribution >= 4 is 11.6 Å². The molecule has 3 N–H and O–H groups in total. The Morgan fingerprint density at radius 2 is 2.06 bits per heavy atom. The Morgan fingerprint density at radius 1 is 1.28 bits per heavy atom. The van der Waals surface area contributed by atoms with E-state index in [-0.39, 0.29) is 0 Å². The summed E-state index contributed by atoms with van der Waals surface area (Å²) in [6.07, 6.45) is 3.78. The summed E-state index contributed by atoms with van der Waals surface area (Å²) in [5.41, 5.74) is 7.71. The average molecular weight is 245 g/mol. The van der Waals surface area contributed by atoms with Gasteiger partial charge in [-0.15, -0.1) is 10.2 Å². The molecule has 0 spiro atoms. The quantitative estimate of drug-likeness (QED) is 0.763. The van der Waals surface area contributed by atoms with Gasteiger partial charge in [-0.05, 0) is 30.5 Å². The lowest BCUT2D eigenvalue weighted by atomic mass is 10.1. The molecule has 0 aliphatic heterocycles. The minimum atomic E-state index is 0.800. The topological polar surface area (TPSA) is 68.8 Å². The summed E-state index contributed by atoms with van der Waals surface area (Å²) in [5.74, 6) is 0.840. The van der Waals surface area contributed by atoms with Crippen LogP contribution in [0, 0.1) is 0 Å². The van der Waals surface area contributed by atoms with E-state index in [9.17, 15) is 0 Å². The Labute approximate surface area is 107 Å². The Balaban J connectivity index is 1.84. The molecule has 2 rings (SSSR count). The molecular formula is C13H19N5. The van der Waals surface area contributed by atoms with Gasteiger partial charge in [0.05, 0.1) is 0 Å². The largest absolute Gasteiger partial charge is 0.399 e. The van der Waals surface area contributed by atoms with Gasteiger partial charge in [0.25, 0.3) is 0 Å². The lowest BCUT2D eigenvalue weighted by molar-refractivity contribution is 0.679. The SMILES string of the molecule is CCCn1cnnc1NCCc1ccc(N)cc1. The molecule has 0 saturated heterocycles. The van der Waals surface area contributed by atoms with E-state index in [2.05, 4.69) is 22.4 Å². The summed E-state index contributed by atoms with van der Waals surface area (Å²) in [6.45, 7) is 3.92. The highest BCUT2D eigenvalue weighted by molar-refractivity contribution is 5.39. The number of benzene rings is 1. The van der Waals surface area contributed by atoms with Crippen molar-refractivity contribution in [1.29, 1.82) is 0 Å². The fourth-order valence-corrected chi connectivity index (χ4v) is 1.80. The molecule has 1 aromatic heterocycles. The third-order valence-corrected chi connectivity index (χ3v) is 2.76. The summed E-state index contributed by atoms with van der Waals surface area (Å²) >= 11 is 0. The maximum absolute atomic E-state index is 5.65. The number of aromatic nitrogens is 3. The zero-order valence-electron chi connectivity index (χ0n) is 10.6. The van der Waals surface area contributed by atoms with Crippen LogP contribution in [0.1, 0.15) is 18.9 Å². The van der Waals surface area contributed by atoms with E-state index in [4.69, 9.17) is 5.73 Å². The molecule has 0 fully saturated rings. The highest BCUT2D eigenvalue weighted by Crippen LogP contribution is 2.07. The molecule has 96 valence electrons. The van der Waals surface area contributed by atoms with E-state index in [1.807, 2.05) is 28.8 Å². The molecule has 0 saturated carbocycles. The van der Waals surface area contributed by atoms with Crippen LogP contribution in [0.25, 0.3) is 0 Å². The van der Waals surface area contributed by atoms with Crippen LogP contribution < -0.4 is 11.1 Å². The first-order valence-electron chi connectivity index (χ1n) is 6.25. The van der Waals surface area contributed by atoms with Gasteiger partial charge >= 0.3 is 0 Å². The van der Waals surface area contributed by atoms with Crippen LogP contribution >= 0.6 is 0 Å². The maximum atomic E-state index is 5.65. The predicted molar refractivity (Wildman–Crippen MR) is 73.4 cm³/mol. The van der Waals surface area contributed by atoms with Crippen LogP contribution in [-0.4, -0.2) is 21.3 Å². The summed E-state index contributed by atoms with van der Waals surface area (Å²) in [5, 5.41) is 11.3. The Bertz CT molecular complexity index is 474. The van der Waals surface area contributed by atoms with Gasteiger partial charge in [-0.3, -0.25) is 0 Å². The second-order valence-electron chi connectivity index (χ2n) is 4.27. The zero-order chi connectivity index (χ0) is 12.8. The van der Waals surface area contributed by atoms with Gasteiger partial charge < -0.3 is 15.6 Å². The second-order valence-corrected chi connectivity index (χ2v) is 4.27. The molecule has 0 aliphatic rings. The van der Waals surface area contributed by atoms with Crippen LogP contribution in [0.2, 0.25) is 0 Å². The first-order chi connectivity index (χ1) is 8.79. The highest BCUT2D eigenvalue weighted by atomic mass is 15.3. The van der Waals surface area contributed by atoms with E-state index in [1.165, 1.54) is 5.56 Å². The normalized spacial score (nSPS) is 10.5. The van der Waals surface area contributed by atoms with Gasteiger partial charge in [-0.2, -0.15) is 0 Å². The van der Waals surface area contributed by atoms with E-state index >= 15 is 0 Å². The molecule has 0 amide bonds. The number of rotatable bonds is 6. The number of nitrogens with one attached hydrogen (secondary N) is 1. The monoisotopic (exact) mass is 245 g/mol. The fraction of sp³-hybridized carbons (Fsp3) is 0.385. The van der Waals surface area contributed by atoms with Crippen LogP contribution in [0.3, 0.4) is 0 Å². The van der Waals surface area contributed by atoms with E-state index < -0.39 is 0 Å². The molecule has 0 atom stereocenters. The standard InChI is InChI=1S/C13H19N5/c1-2-9-18-10-16-17-13(18)15-8-7-11-3-5-12(14)6-4-11/h3-6,10H,2,7-9,14H2,1H3,(H,15,17). The molecule has 0 aliphatic carbocycles. The first-order valence-corrected chi connectivity index (χ1v) is 6.25. The number of aryl methyl sites for hydroxylation is 1. The summed E-state index contributed by atoms with van der Waals surface area (Å²) in [7, 11) is 0. The Morgan fingerprint density at radius 3 is 2.78 bits per heavy atom. The number of nitrogens with two attached hydrogens (primary N) is 1. The van der Waals surface area contributed by atoms with Crippen molar-refractivity contribution < 1.29 is 0 Å². The first kappa shape index (κ1) is 12.4. The molecule has 5 nitrogen and oxygen atoms in total. The molecular weight excluding hydrogens is 226 g/mol. The fourth-order valence-electron chi connectivity index (χ4n) is 1.80. The van der Waals surface area contributed by atoms with Crippen molar-refractivity contribution in [1.82, 2.24) is 14.8 Å². The van der Waals surface area contributed by atoms with Crippen molar-refractivity contribution in [2.45, 2.75) is 26.3 Å². The smallest absolute Gasteiger partial charge is 0.224 e. The number of hydrogen-bond acceptors (Lipinski definition) is 4. The number of nitrogens with zero attached hydrogens (tertiary/aromatic N) is 3. The third-order valence-electron chi connectivity index (χ3n) is 2.76. The van der Waals surface area contributed by atoms with E-state index in [1.54, 1.807) is 6.33 Å². The molecule has 2 aromatic rings. The third kappa shape index (κ3) is 3.23. The minimum absolute atomic E-state index is 0.800. The summed E-state index contributed by atoms with van der Waals surface area (Å²) < 4.78 is 2.03. The van der Waals surface area contributed by atoms with Gasteiger partial charge in [0.1, 0.15) is 6.33 Å². The Hall–Kier alpha value is -2.04. The van der Waals surface area contributed by atoms with Gasteiger partial charge in [0.2, 0.25) is 5.95 Å². The van der Waals surface area contributed by atoms with Crippen molar-refractivity contribution in [3.8, 4) is 0 Å². The number of anilines is 2. The van der Waals surface area contributed by atoms with E-state index in [0.29, 0.717) is 0 Å². The van der Waals surface area contributed by atoms with Gasteiger partial charge in [0, 0.05) is 18.8 Å². The van der Waals surface area contributed by atoms with Crippen LogP contribution in [0.5, 0.6) is 0 Å². The lowest BCUT2D eigenvalue weighted by Gasteiger charge is -2.07. The van der Waals surface area contributed by atoms with Crippen molar-refractivity contribution in [2.75, 3.05) is 17.6 Å². The molecule has 0 bridgehead atoms. The van der Waals surface area contributed by atoms with Crippen molar-refractivity contribution in [2.24, 2.45) is 0 Å². The van der Waals surface area contributed by atoms with Gasteiger partial charge in [-0.1, -0.05) is 19.1 Å². The molecule has 0 radical (unpaired) electrons. The van der Waals surface area contributed by atoms with E-state index in [0.717, 1.165) is 37.6 Å². The molecule has 5 heteroatoms. The Kier molecular flexibility index (Phi) is 4.17. The molecule has 1 heterocycles. The molecule has 1 aromatic carbocycles. The van der Waals surface area contributed by atoms with Gasteiger partial charge in [-0.25, -0.2) is 0 Å². The predicted octanol–water partition coefficient (Wildman–Crippen LogP) is 1.92. The molecule has 18 heavy (non-hydrogen) atoms. The minimum Gasteiger partial charge on any atom is -0.399 e. The van der Waals surface area contributed by atoms with Gasteiger partial charge in [0.15, 0.2) is 0 Å². The maximum Gasteiger partial charge on any atom is 0.224 e. The zero-order valence-corrected chi connectivity index (χ0v) is 10.6. The summed E-state index contributed by atoms with van der Waals surface area (Å²) in [6, 6.07) is 7.95. The number of hydrogen-bond donors (Lipinski definition) is 2. The molecule has 0 unspecified atom stereocenters. The lowest BCUT2D eigenvalue weighted by Crippen LogP contribution is -2.10. The van der Waals surface area contributed by atoms with Crippen LogP contribution in [0.4, 0.5) is 11.6 Å².